The predicted octanol–water partition coefficient (Wildman–Crippen LogP) is 1.87. The van der Waals surface area contributed by atoms with Gasteiger partial charge in [0.25, 0.3) is 0 Å². The number of amides is 1. The van der Waals surface area contributed by atoms with Crippen molar-refractivity contribution in [3.8, 4) is 0 Å². The number of nitrogens with zero attached hydrogens (tertiary/aromatic N) is 1. The Hall–Kier alpha value is -0.680. The highest BCUT2D eigenvalue weighted by Crippen LogP contribution is 2.12. The Labute approximate surface area is 121 Å². The van der Waals surface area contributed by atoms with E-state index in [2.05, 4.69) is 12.2 Å². The summed E-state index contributed by atoms with van der Waals surface area (Å²) in [6, 6.07) is -0.275. The summed E-state index contributed by atoms with van der Waals surface area (Å²) in [5.41, 5.74) is 0. The average Bonchev–Trinajstić information content (AvgIpc) is 2.83. The molecule has 20 heavy (non-hydrogen) atoms. The van der Waals surface area contributed by atoms with Crippen LogP contribution in [0, 0.1) is 0 Å². The molecule has 4 nitrogen and oxygen atoms in total. The number of hydrogen-bond donors (Lipinski definition) is 2. The van der Waals surface area contributed by atoms with Gasteiger partial charge in [0.1, 0.15) is 6.17 Å². The third kappa shape index (κ3) is 7.20. The smallest absolute Gasteiger partial charge is 0.220 e. The quantitative estimate of drug-likeness (QED) is 0.603. The highest BCUT2D eigenvalue weighted by Gasteiger charge is 2.24. The zero-order chi connectivity index (χ0) is 14.8. The fourth-order valence-electron chi connectivity index (χ4n) is 2.60. The van der Waals surface area contributed by atoms with Gasteiger partial charge in [0.05, 0.1) is 12.6 Å². The van der Waals surface area contributed by atoms with Crippen LogP contribution in [0.2, 0.25) is 0 Å². The summed E-state index contributed by atoms with van der Waals surface area (Å²) >= 11 is 0. The molecule has 0 unspecified atom stereocenters. The maximum Gasteiger partial charge on any atom is 0.220 e. The first-order valence-electron chi connectivity index (χ1n) is 7.92. The third-order valence-corrected chi connectivity index (χ3v) is 3.79. The van der Waals surface area contributed by atoms with Gasteiger partial charge in [-0.2, -0.15) is 0 Å². The topological polar surface area (TPSA) is 52.6 Å². The zero-order valence-corrected chi connectivity index (χ0v) is 12.6. The molecule has 0 aliphatic carbocycles. The van der Waals surface area contributed by atoms with Gasteiger partial charge >= 0.3 is 0 Å². The van der Waals surface area contributed by atoms with Crippen molar-refractivity contribution in [2.24, 2.45) is 0 Å². The van der Waals surface area contributed by atoms with Crippen molar-refractivity contribution in [2.75, 3.05) is 26.2 Å². The van der Waals surface area contributed by atoms with E-state index in [1.807, 2.05) is 4.90 Å². The second-order valence-corrected chi connectivity index (χ2v) is 5.76. The molecular formula is C15H29FN2O2. The first-order chi connectivity index (χ1) is 9.65. The minimum atomic E-state index is -0.761. The molecule has 0 spiro atoms. The minimum absolute atomic E-state index is 0.00320. The molecule has 1 aliphatic rings. The van der Waals surface area contributed by atoms with E-state index in [-0.39, 0.29) is 18.6 Å². The number of halogens is 1. The Bertz CT molecular complexity index is 277. The summed E-state index contributed by atoms with van der Waals surface area (Å²) in [5.74, 6) is -0.00320. The first-order valence-corrected chi connectivity index (χ1v) is 7.92. The Balaban J connectivity index is 2.14. The number of likely N-dealkylation sites (tertiary alicyclic amines) is 1. The molecule has 0 saturated carbocycles. The molecule has 1 saturated heterocycles. The third-order valence-electron chi connectivity index (χ3n) is 3.79. The van der Waals surface area contributed by atoms with E-state index in [0.717, 1.165) is 12.8 Å². The van der Waals surface area contributed by atoms with Crippen LogP contribution < -0.4 is 5.32 Å². The highest BCUT2D eigenvalue weighted by atomic mass is 19.1. The molecular weight excluding hydrogens is 259 g/mol. The lowest BCUT2D eigenvalue weighted by molar-refractivity contribution is -0.122. The number of aliphatic hydroxyl groups is 1. The molecule has 0 radical (unpaired) electrons. The number of carbonyl (C=O) groups is 1. The predicted molar refractivity (Wildman–Crippen MR) is 78.3 cm³/mol. The molecule has 118 valence electrons. The van der Waals surface area contributed by atoms with Gasteiger partial charge in [-0.15, -0.1) is 0 Å². The SMILES string of the molecule is CCCCCCCC(=O)N[C@@H](CO)CN1CC[C@H](F)C1. The van der Waals surface area contributed by atoms with Crippen LogP contribution in [-0.2, 0) is 4.79 Å². The molecule has 1 fully saturated rings. The van der Waals surface area contributed by atoms with Gasteiger partial charge in [-0.05, 0) is 12.8 Å². The number of alkyl halides is 1. The number of rotatable bonds is 10. The van der Waals surface area contributed by atoms with Gasteiger partial charge in [0, 0.05) is 26.1 Å². The van der Waals surface area contributed by atoms with Gasteiger partial charge in [0.2, 0.25) is 5.91 Å². The van der Waals surface area contributed by atoms with Crippen LogP contribution in [-0.4, -0.2) is 54.4 Å². The van der Waals surface area contributed by atoms with Crippen LogP contribution in [0.25, 0.3) is 0 Å². The number of hydrogen-bond acceptors (Lipinski definition) is 3. The molecule has 0 aromatic carbocycles. The van der Waals surface area contributed by atoms with Crippen LogP contribution >= 0.6 is 0 Å². The van der Waals surface area contributed by atoms with Crippen LogP contribution in [0.1, 0.15) is 51.9 Å². The number of carbonyl (C=O) groups excluding carboxylic acids is 1. The minimum Gasteiger partial charge on any atom is -0.394 e. The van der Waals surface area contributed by atoms with Gasteiger partial charge < -0.3 is 10.4 Å². The molecule has 2 N–H and O–H groups in total. The monoisotopic (exact) mass is 288 g/mol. The van der Waals surface area contributed by atoms with E-state index in [4.69, 9.17) is 0 Å². The van der Waals surface area contributed by atoms with Crippen LogP contribution in [0.5, 0.6) is 0 Å². The summed E-state index contributed by atoms with van der Waals surface area (Å²) in [6.07, 6.45) is 5.91. The Kier molecular flexibility index (Phi) is 8.78. The molecule has 0 bridgehead atoms. The fraction of sp³-hybridized carbons (Fsp3) is 0.933. The molecule has 1 amide bonds. The molecule has 1 aliphatic heterocycles. The molecule has 2 atom stereocenters. The summed E-state index contributed by atoms with van der Waals surface area (Å²) in [5, 5.41) is 12.2. The second kappa shape index (κ2) is 10.1. The Morgan fingerprint density at radius 2 is 2.15 bits per heavy atom. The number of nitrogens with one attached hydrogen (secondary N) is 1. The molecule has 0 aromatic rings. The van der Waals surface area contributed by atoms with Crippen molar-refractivity contribution in [3.63, 3.8) is 0 Å². The largest absolute Gasteiger partial charge is 0.394 e. The fourth-order valence-corrected chi connectivity index (χ4v) is 2.60. The van der Waals surface area contributed by atoms with Gasteiger partial charge in [0.15, 0.2) is 0 Å². The van der Waals surface area contributed by atoms with Crippen molar-refractivity contribution in [1.29, 1.82) is 0 Å². The maximum atomic E-state index is 13.1. The summed E-state index contributed by atoms with van der Waals surface area (Å²) < 4.78 is 13.1. The zero-order valence-electron chi connectivity index (χ0n) is 12.6. The van der Waals surface area contributed by atoms with E-state index in [1.165, 1.54) is 19.3 Å². The lowest BCUT2D eigenvalue weighted by Crippen LogP contribution is -2.45. The van der Waals surface area contributed by atoms with Crippen molar-refractivity contribution in [1.82, 2.24) is 10.2 Å². The maximum absolute atomic E-state index is 13.1. The normalized spacial score (nSPS) is 21.1. The molecule has 5 heteroatoms. The number of unbranched alkanes of at least 4 members (excludes halogenated alkanes) is 4. The first kappa shape index (κ1) is 17.4. The van der Waals surface area contributed by atoms with E-state index in [0.29, 0.717) is 32.5 Å². The lowest BCUT2D eigenvalue weighted by atomic mass is 10.1. The molecule has 1 rings (SSSR count). The second-order valence-electron chi connectivity index (χ2n) is 5.76. The van der Waals surface area contributed by atoms with E-state index >= 15 is 0 Å². The van der Waals surface area contributed by atoms with Crippen LogP contribution in [0.15, 0.2) is 0 Å². The highest BCUT2D eigenvalue weighted by molar-refractivity contribution is 5.76. The molecule has 1 heterocycles. The van der Waals surface area contributed by atoms with Crippen molar-refractivity contribution in [2.45, 2.75) is 64.1 Å². The number of aliphatic hydroxyl groups excluding tert-OH is 1. The van der Waals surface area contributed by atoms with E-state index in [1.54, 1.807) is 0 Å². The van der Waals surface area contributed by atoms with Crippen molar-refractivity contribution in [3.05, 3.63) is 0 Å². The van der Waals surface area contributed by atoms with Crippen molar-refractivity contribution >= 4 is 5.91 Å². The summed E-state index contributed by atoms with van der Waals surface area (Å²) in [6.45, 7) is 3.75. The van der Waals surface area contributed by atoms with E-state index in [9.17, 15) is 14.3 Å². The van der Waals surface area contributed by atoms with Gasteiger partial charge in [-0.25, -0.2) is 4.39 Å². The lowest BCUT2D eigenvalue weighted by Gasteiger charge is -2.22. The Morgan fingerprint density at radius 3 is 2.75 bits per heavy atom. The summed E-state index contributed by atoms with van der Waals surface area (Å²) in [4.78, 5) is 13.7. The van der Waals surface area contributed by atoms with Gasteiger partial charge in [-0.1, -0.05) is 32.6 Å². The van der Waals surface area contributed by atoms with Crippen LogP contribution in [0.4, 0.5) is 4.39 Å². The van der Waals surface area contributed by atoms with Crippen molar-refractivity contribution < 1.29 is 14.3 Å². The molecule has 0 aromatic heterocycles. The average molecular weight is 288 g/mol. The summed E-state index contributed by atoms with van der Waals surface area (Å²) in [7, 11) is 0. The standard InChI is InChI=1S/C15H29FN2O2/c1-2-3-4-5-6-7-15(20)17-14(12-19)11-18-9-8-13(16)10-18/h13-14,19H,2-12H2,1H3,(H,17,20)/t13-,14+/m0/s1. The van der Waals surface area contributed by atoms with Crippen LogP contribution in [0.3, 0.4) is 0 Å². The van der Waals surface area contributed by atoms with Gasteiger partial charge in [-0.3, -0.25) is 9.69 Å². The Morgan fingerprint density at radius 1 is 1.40 bits per heavy atom. The van der Waals surface area contributed by atoms with E-state index < -0.39 is 6.17 Å².